The van der Waals surface area contributed by atoms with E-state index in [0.717, 1.165) is 24.9 Å². The largest absolute Gasteiger partial charge is 0.334 e. The molecule has 0 radical (unpaired) electrons. The Morgan fingerprint density at radius 2 is 2.16 bits per heavy atom. The number of rotatable bonds is 6. The number of likely N-dealkylation sites (tertiary alicyclic amines) is 1. The molecule has 1 amide bonds. The second-order valence-corrected chi connectivity index (χ2v) is 7.22. The Kier molecular flexibility index (Phi) is 5.85. The van der Waals surface area contributed by atoms with Gasteiger partial charge >= 0.3 is 0 Å². The van der Waals surface area contributed by atoms with Crippen LogP contribution in [0, 0.1) is 18.2 Å². The Labute approximate surface area is 152 Å². The van der Waals surface area contributed by atoms with Gasteiger partial charge in [-0.15, -0.1) is 17.8 Å². The van der Waals surface area contributed by atoms with Crippen molar-refractivity contribution in [1.82, 2.24) is 9.80 Å². The van der Waals surface area contributed by atoms with Crippen molar-refractivity contribution < 1.29 is 9.18 Å². The molecule has 0 saturated carbocycles. The quantitative estimate of drug-likeness (QED) is 0.737. The number of terminal acetylenes is 1. The van der Waals surface area contributed by atoms with Gasteiger partial charge in [0.25, 0.3) is 0 Å². The number of benzene rings is 1. The van der Waals surface area contributed by atoms with Gasteiger partial charge in [0.15, 0.2) is 0 Å². The third kappa shape index (κ3) is 4.47. The molecule has 0 spiro atoms. The summed E-state index contributed by atoms with van der Waals surface area (Å²) < 4.78 is 13.1. The lowest BCUT2D eigenvalue weighted by Crippen LogP contribution is -2.39. The second-order valence-electron chi connectivity index (χ2n) is 6.24. The van der Waals surface area contributed by atoms with Crippen molar-refractivity contribution >= 4 is 17.2 Å². The fraction of sp³-hybridized carbons (Fsp3) is 0.350. The highest BCUT2D eigenvalue weighted by Gasteiger charge is 2.31. The molecule has 1 saturated heterocycles. The fourth-order valence-electron chi connectivity index (χ4n) is 3.27. The van der Waals surface area contributed by atoms with Crippen LogP contribution in [0.3, 0.4) is 0 Å². The number of thiophene rings is 1. The molecule has 1 aliphatic rings. The molecule has 0 N–H and O–H groups in total. The molecular weight excluding hydrogens is 335 g/mol. The van der Waals surface area contributed by atoms with E-state index in [4.69, 9.17) is 6.42 Å². The first-order chi connectivity index (χ1) is 12.2. The van der Waals surface area contributed by atoms with Crippen molar-refractivity contribution in [2.45, 2.75) is 25.4 Å². The van der Waals surface area contributed by atoms with Gasteiger partial charge < -0.3 is 4.90 Å². The van der Waals surface area contributed by atoms with Crippen LogP contribution in [0.25, 0.3) is 0 Å². The van der Waals surface area contributed by atoms with E-state index in [2.05, 4.69) is 17.4 Å². The predicted octanol–water partition coefficient (Wildman–Crippen LogP) is 3.69. The summed E-state index contributed by atoms with van der Waals surface area (Å²) in [5, 5.41) is 2.05. The van der Waals surface area contributed by atoms with Gasteiger partial charge in [-0.1, -0.05) is 24.1 Å². The number of nitrogens with zero attached hydrogens (tertiary/aromatic N) is 2. The van der Waals surface area contributed by atoms with Crippen molar-refractivity contribution in [3.8, 4) is 12.3 Å². The zero-order valence-corrected chi connectivity index (χ0v) is 14.8. The van der Waals surface area contributed by atoms with Crippen molar-refractivity contribution in [2.24, 2.45) is 0 Å². The van der Waals surface area contributed by atoms with Crippen molar-refractivity contribution in [2.75, 3.05) is 19.6 Å². The van der Waals surface area contributed by atoms with E-state index in [9.17, 15) is 9.18 Å². The molecule has 1 aromatic heterocycles. The van der Waals surface area contributed by atoms with Crippen molar-refractivity contribution in [1.29, 1.82) is 0 Å². The molecule has 1 unspecified atom stereocenters. The van der Waals surface area contributed by atoms with Gasteiger partial charge in [-0.25, -0.2) is 4.39 Å². The van der Waals surface area contributed by atoms with Crippen LogP contribution in [-0.2, 0) is 11.3 Å². The molecule has 1 atom stereocenters. The van der Waals surface area contributed by atoms with Crippen LogP contribution in [0.5, 0.6) is 0 Å². The van der Waals surface area contributed by atoms with Crippen LogP contribution in [-0.4, -0.2) is 35.3 Å². The lowest BCUT2D eigenvalue weighted by atomic mass is 10.2. The van der Waals surface area contributed by atoms with E-state index >= 15 is 0 Å². The molecule has 130 valence electrons. The van der Waals surface area contributed by atoms with Crippen LogP contribution in [0.2, 0.25) is 0 Å². The van der Waals surface area contributed by atoms with Gasteiger partial charge in [-0.05, 0) is 42.0 Å². The standard InChI is InChI=1S/C20H21FN2OS/c1-2-11-22(14-16-7-9-17(21)10-8-16)15-20(24)23-12-3-5-18(23)19-6-4-13-25-19/h1,4,6-10,13,18H,3,5,11-12,14-15H2. The Morgan fingerprint density at radius 3 is 2.84 bits per heavy atom. The molecule has 5 heteroatoms. The molecule has 25 heavy (non-hydrogen) atoms. The van der Waals surface area contributed by atoms with Crippen LogP contribution in [0.1, 0.15) is 29.3 Å². The SMILES string of the molecule is C#CCN(CC(=O)N1CCCC1c1cccs1)Cc1ccc(F)cc1. The zero-order valence-electron chi connectivity index (χ0n) is 14.0. The molecule has 2 heterocycles. The first-order valence-corrected chi connectivity index (χ1v) is 9.28. The first-order valence-electron chi connectivity index (χ1n) is 8.40. The third-order valence-corrected chi connectivity index (χ3v) is 5.41. The number of hydrogen-bond donors (Lipinski definition) is 0. The fourth-order valence-corrected chi connectivity index (χ4v) is 4.14. The van der Waals surface area contributed by atoms with Gasteiger partial charge in [0.1, 0.15) is 5.82 Å². The normalized spacial score (nSPS) is 17.0. The molecule has 3 rings (SSSR count). The van der Waals surface area contributed by atoms with Crippen molar-refractivity contribution in [3.63, 3.8) is 0 Å². The second kappa shape index (κ2) is 8.28. The monoisotopic (exact) mass is 356 g/mol. The lowest BCUT2D eigenvalue weighted by molar-refractivity contribution is -0.133. The van der Waals surface area contributed by atoms with Crippen LogP contribution >= 0.6 is 11.3 Å². The van der Waals surface area contributed by atoms with Gasteiger partial charge in [-0.3, -0.25) is 9.69 Å². The van der Waals surface area contributed by atoms with Crippen LogP contribution in [0.4, 0.5) is 4.39 Å². The topological polar surface area (TPSA) is 23.6 Å². The minimum atomic E-state index is -0.265. The maximum absolute atomic E-state index is 13.1. The van der Waals surface area contributed by atoms with Crippen LogP contribution < -0.4 is 0 Å². The number of carbonyl (C=O) groups is 1. The van der Waals surface area contributed by atoms with E-state index in [-0.39, 0.29) is 24.3 Å². The summed E-state index contributed by atoms with van der Waals surface area (Å²) in [5.74, 6) is 2.46. The Bertz CT molecular complexity index is 736. The highest BCUT2D eigenvalue weighted by atomic mass is 32.1. The molecule has 3 nitrogen and oxygen atoms in total. The average Bonchev–Trinajstić information content (AvgIpc) is 3.28. The molecule has 1 aliphatic heterocycles. The van der Waals surface area contributed by atoms with E-state index in [1.807, 2.05) is 15.9 Å². The molecule has 0 aliphatic carbocycles. The summed E-state index contributed by atoms with van der Waals surface area (Å²) in [6.45, 7) is 2.00. The number of halogens is 1. The Morgan fingerprint density at radius 1 is 1.36 bits per heavy atom. The zero-order chi connectivity index (χ0) is 17.6. The van der Waals surface area contributed by atoms with Gasteiger partial charge in [-0.2, -0.15) is 0 Å². The summed E-state index contributed by atoms with van der Waals surface area (Å²) in [6.07, 6.45) is 7.51. The average molecular weight is 356 g/mol. The molecule has 1 fully saturated rings. The molecule has 2 aromatic rings. The summed E-state index contributed by atoms with van der Waals surface area (Å²) >= 11 is 1.70. The maximum Gasteiger partial charge on any atom is 0.237 e. The van der Waals surface area contributed by atoms with Gasteiger partial charge in [0.05, 0.1) is 19.1 Å². The first kappa shape index (κ1) is 17.7. The summed E-state index contributed by atoms with van der Waals surface area (Å²) in [6, 6.07) is 10.6. The maximum atomic E-state index is 13.1. The third-order valence-electron chi connectivity index (χ3n) is 4.44. The van der Waals surface area contributed by atoms with E-state index < -0.39 is 0 Å². The van der Waals surface area contributed by atoms with Crippen LogP contribution in [0.15, 0.2) is 41.8 Å². The summed E-state index contributed by atoms with van der Waals surface area (Å²) in [5.41, 5.74) is 0.945. The summed E-state index contributed by atoms with van der Waals surface area (Å²) in [4.78, 5) is 18.0. The number of carbonyl (C=O) groups excluding carboxylic acids is 1. The predicted molar refractivity (Wildman–Crippen MR) is 98.5 cm³/mol. The number of amides is 1. The molecule has 0 bridgehead atoms. The van der Waals surface area contributed by atoms with E-state index in [0.29, 0.717) is 13.1 Å². The minimum Gasteiger partial charge on any atom is -0.334 e. The van der Waals surface area contributed by atoms with Crippen molar-refractivity contribution in [3.05, 3.63) is 58.0 Å². The van der Waals surface area contributed by atoms with E-state index in [1.54, 1.807) is 23.5 Å². The Hall–Kier alpha value is -2.16. The minimum absolute atomic E-state index is 0.105. The van der Waals surface area contributed by atoms with E-state index in [1.165, 1.54) is 17.0 Å². The highest BCUT2D eigenvalue weighted by Crippen LogP contribution is 2.34. The molecule has 1 aromatic carbocycles. The number of hydrogen-bond acceptors (Lipinski definition) is 3. The molecular formula is C20H21FN2OS. The lowest BCUT2D eigenvalue weighted by Gasteiger charge is -2.27. The Balaban J connectivity index is 1.66. The highest BCUT2D eigenvalue weighted by molar-refractivity contribution is 7.10. The summed E-state index contributed by atoms with van der Waals surface area (Å²) in [7, 11) is 0. The van der Waals surface area contributed by atoms with Gasteiger partial charge in [0.2, 0.25) is 5.91 Å². The smallest absolute Gasteiger partial charge is 0.237 e. The van der Waals surface area contributed by atoms with Gasteiger partial charge in [0, 0.05) is 18.0 Å².